The summed E-state index contributed by atoms with van der Waals surface area (Å²) in [5, 5.41) is 2.58. The van der Waals surface area contributed by atoms with Crippen LogP contribution >= 0.6 is 23.5 Å². The smallest absolute Gasteiger partial charge is 0.264 e. The normalized spacial score (nSPS) is 31.0. The lowest BCUT2D eigenvalue weighted by atomic mass is 9.92. The Bertz CT molecular complexity index is 1340. The highest BCUT2D eigenvalue weighted by Gasteiger charge is 2.46. The van der Waals surface area contributed by atoms with E-state index in [4.69, 9.17) is 4.55 Å². The topological polar surface area (TPSA) is 124 Å². The number of hydrogen-bond acceptors (Lipinski definition) is 8. The number of sulfonamides is 1. The average molecular weight is 685 g/mol. The number of carbonyl (C=O) groups is 1. The van der Waals surface area contributed by atoms with Crippen molar-refractivity contribution in [2.45, 2.75) is 112 Å². The number of unbranched alkanes of at least 4 members (excludes halogenated alkanes) is 1. The first kappa shape index (κ1) is 34.7. The van der Waals surface area contributed by atoms with Gasteiger partial charge in [0.1, 0.15) is 18.9 Å². The zero-order valence-electron chi connectivity index (χ0n) is 24.8. The minimum Gasteiger partial charge on any atom is -0.362 e. The third-order valence-electron chi connectivity index (χ3n) is 8.47. The van der Waals surface area contributed by atoms with Crippen molar-refractivity contribution in [2.24, 2.45) is 0 Å². The summed E-state index contributed by atoms with van der Waals surface area (Å²) < 4.78 is 87.5. The molecule has 0 radical (unpaired) electrons. The molecule has 0 aromatic carbocycles. The molecule has 6 atom stereocenters. The fourth-order valence-electron chi connectivity index (χ4n) is 6.42. The largest absolute Gasteiger partial charge is 0.362 e. The molecule has 0 aromatic heterocycles. The highest BCUT2D eigenvalue weighted by Crippen LogP contribution is 2.47. The predicted octanol–water partition coefficient (Wildman–Crippen LogP) is 4.41. The first-order valence-corrected chi connectivity index (χ1v) is 20.4. The van der Waals surface area contributed by atoms with Crippen LogP contribution in [0.25, 0.3) is 0 Å². The molecule has 2 N–H and O–H groups in total. The van der Waals surface area contributed by atoms with E-state index in [1.165, 1.54) is 0 Å². The molecule has 2 heterocycles. The Balaban J connectivity index is 1.56. The van der Waals surface area contributed by atoms with Gasteiger partial charge in [0.25, 0.3) is 10.1 Å². The van der Waals surface area contributed by atoms with Crippen molar-refractivity contribution >= 4 is 54.6 Å². The van der Waals surface area contributed by atoms with Crippen LogP contribution in [0.1, 0.15) is 77.6 Å². The Morgan fingerprint density at radius 2 is 1.74 bits per heavy atom. The Morgan fingerprint density at radius 1 is 1.05 bits per heavy atom. The summed E-state index contributed by atoms with van der Waals surface area (Å²) in [6.07, 6.45) is 9.08. The quantitative estimate of drug-likeness (QED) is 0.165. The van der Waals surface area contributed by atoms with Gasteiger partial charge in [0.2, 0.25) is 21.0 Å². The molecule has 244 valence electrons. The van der Waals surface area contributed by atoms with E-state index in [-0.39, 0.29) is 34.8 Å². The molecule has 15 heteroatoms. The van der Waals surface area contributed by atoms with Gasteiger partial charge < -0.3 is 4.90 Å². The molecule has 43 heavy (non-hydrogen) atoms. The number of carbonyl (C=O) groups excluding carboxylic acids is 1. The van der Waals surface area contributed by atoms with E-state index >= 15 is 0 Å². The number of allylic oxidation sites excluding steroid dienone is 2. The van der Waals surface area contributed by atoms with Crippen LogP contribution in [-0.2, 0) is 24.9 Å². The number of nitrogens with zero attached hydrogens (tertiary/aromatic N) is 2. The van der Waals surface area contributed by atoms with Crippen LogP contribution in [0.15, 0.2) is 22.8 Å². The summed E-state index contributed by atoms with van der Waals surface area (Å²) in [7, 11) is -7.65. The van der Waals surface area contributed by atoms with Crippen LogP contribution in [-0.4, -0.2) is 102 Å². The average Bonchev–Trinajstić information content (AvgIpc) is 3.41. The summed E-state index contributed by atoms with van der Waals surface area (Å²) in [6.45, 7) is 3.15. The van der Waals surface area contributed by atoms with Crippen molar-refractivity contribution in [3.8, 4) is 0 Å². The van der Waals surface area contributed by atoms with Gasteiger partial charge in [-0.3, -0.25) is 14.1 Å². The van der Waals surface area contributed by atoms with Gasteiger partial charge >= 0.3 is 0 Å². The van der Waals surface area contributed by atoms with Gasteiger partial charge in [-0.2, -0.15) is 8.42 Å². The van der Waals surface area contributed by atoms with E-state index in [1.54, 1.807) is 23.5 Å². The van der Waals surface area contributed by atoms with Gasteiger partial charge in [-0.25, -0.2) is 21.8 Å². The van der Waals surface area contributed by atoms with Crippen LogP contribution < -0.4 is 4.72 Å². The number of hydrogen-bond donors (Lipinski definition) is 2. The number of halogens is 2. The van der Waals surface area contributed by atoms with E-state index in [9.17, 15) is 30.4 Å². The molecular weight excluding hydrogens is 641 g/mol. The van der Waals surface area contributed by atoms with Crippen LogP contribution in [0.2, 0.25) is 0 Å². The lowest BCUT2D eigenvalue weighted by molar-refractivity contribution is -0.563. The van der Waals surface area contributed by atoms with Crippen LogP contribution in [0, 0.1) is 0 Å². The minimum absolute atomic E-state index is 0.00763. The van der Waals surface area contributed by atoms with E-state index in [2.05, 4.69) is 28.6 Å². The van der Waals surface area contributed by atoms with Gasteiger partial charge in [-0.1, -0.05) is 6.92 Å². The van der Waals surface area contributed by atoms with Crippen molar-refractivity contribution < 1.29 is 39.5 Å². The van der Waals surface area contributed by atoms with Gasteiger partial charge in [0.05, 0.1) is 22.3 Å². The lowest BCUT2D eigenvalue weighted by Gasteiger charge is -2.33. The first-order valence-electron chi connectivity index (χ1n) is 15.1. The second-order valence-corrected chi connectivity index (χ2v) is 17.8. The fraction of sp³-hybridized carbons (Fsp3) is 0.786. The van der Waals surface area contributed by atoms with E-state index < -0.39 is 38.4 Å². The number of rotatable bonds is 13. The van der Waals surface area contributed by atoms with Crippen molar-refractivity contribution in [1.82, 2.24) is 9.62 Å². The molecule has 4 rings (SSSR count). The Kier molecular flexibility index (Phi) is 12.1. The molecule has 1 saturated heterocycles. The van der Waals surface area contributed by atoms with E-state index in [0.717, 1.165) is 41.2 Å². The third kappa shape index (κ3) is 10.2. The number of alkyl halides is 2. The van der Waals surface area contributed by atoms with Crippen molar-refractivity contribution in [1.29, 1.82) is 0 Å². The summed E-state index contributed by atoms with van der Waals surface area (Å²) in [5.74, 6) is -0.850. The highest BCUT2D eigenvalue weighted by molar-refractivity contribution is 8.14. The molecule has 0 bridgehead atoms. The number of amides is 1. The SMILES string of the molecule is CCC(=C/C1=[N+](CCCC(=O)NS(C)(=O)=O)C2CC(F)CCC2S1)/C=C1\SC2CCC(F)CC2N1CCCCS(=O)(=O)O. The first-order chi connectivity index (χ1) is 20.2. The van der Waals surface area contributed by atoms with Crippen molar-refractivity contribution in [2.75, 3.05) is 25.1 Å². The second-order valence-electron chi connectivity index (χ2n) is 11.9. The molecule has 6 unspecified atom stereocenters. The second kappa shape index (κ2) is 15.0. The lowest BCUT2D eigenvalue weighted by Crippen LogP contribution is -2.40. The van der Waals surface area contributed by atoms with Gasteiger partial charge in [0.15, 0.2) is 6.04 Å². The zero-order valence-corrected chi connectivity index (χ0v) is 28.1. The number of nitrogens with one attached hydrogen (secondary N) is 1. The number of thioether (sulfide) groups is 2. The summed E-state index contributed by atoms with van der Waals surface area (Å²) in [4.78, 5) is 14.3. The molecule has 9 nitrogen and oxygen atoms in total. The van der Waals surface area contributed by atoms with Crippen LogP contribution in [0.3, 0.4) is 0 Å². The number of fused-ring (bicyclic) bond motifs is 2. The highest BCUT2D eigenvalue weighted by atomic mass is 32.2. The van der Waals surface area contributed by atoms with Crippen molar-refractivity contribution in [3.05, 3.63) is 22.8 Å². The predicted molar refractivity (Wildman–Crippen MR) is 169 cm³/mol. The van der Waals surface area contributed by atoms with Crippen molar-refractivity contribution in [3.63, 3.8) is 0 Å². The molecule has 1 amide bonds. The Morgan fingerprint density at radius 3 is 2.42 bits per heavy atom. The Labute approximate surface area is 263 Å². The molecular formula is C28H44F2N3O6S4+. The van der Waals surface area contributed by atoms with E-state index in [0.29, 0.717) is 58.0 Å². The molecule has 2 saturated carbocycles. The molecule has 2 aliphatic heterocycles. The van der Waals surface area contributed by atoms with Crippen LogP contribution in [0.5, 0.6) is 0 Å². The van der Waals surface area contributed by atoms with Gasteiger partial charge in [0, 0.05) is 43.2 Å². The summed E-state index contributed by atoms with van der Waals surface area (Å²) in [5.41, 5.74) is 1.07. The zero-order chi connectivity index (χ0) is 31.4. The standard InChI is InChI=1S/C28H43F2N3O6S4/c1-3-19(15-27-32(12-4-5-14-43(37,38)39)22-17-20(29)8-10-24(22)40-27)16-28-33(13-6-7-26(34)31-42(2,35)36)23-18-21(30)9-11-25(23)41-28/h15-16,20-25H,3-14,17-18H2,1-2H3,(H-,31,34,37,38,39)/p+1. The molecule has 0 spiro atoms. The molecule has 0 aromatic rings. The molecule has 4 aliphatic rings. The maximum atomic E-state index is 14.5. The maximum Gasteiger partial charge on any atom is 0.264 e. The van der Waals surface area contributed by atoms with Crippen LogP contribution in [0.4, 0.5) is 8.78 Å². The minimum atomic E-state index is -4.03. The maximum absolute atomic E-state index is 14.5. The molecule has 2 aliphatic carbocycles. The Hall–Kier alpha value is -1.16. The van der Waals surface area contributed by atoms with Gasteiger partial charge in [-0.15, -0.1) is 11.8 Å². The molecule has 3 fully saturated rings. The van der Waals surface area contributed by atoms with E-state index in [1.807, 2.05) is 4.72 Å². The fourth-order valence-corrected chi connectivity index (χ4v) is 10.6. The summed E-state index contributed by atoms with van der Waals surface area (Å²) >= 11 is 3.49. The third-order valence-corrected chi connectivity index (χ3v) is 12.8. The monoisotopic (exact) mass is 684 g/mol. The summed E-state index contributed by atoms with van der Waals surface area (Å²) in [6, 6.07) is 0.0459. The van der Waals surface area contributed by atoms with Gasteiger partial charge in [-0.05, 0) is 74.8 Å².